The minimum Gasteiger partial charge on any atom is -0.493 e. The first-order valence-corrected chi connectivity index (χ1v) is 7.73. The fourth-order valence-electron chi connectivity index (χ4n) is 1.65. The number of benzene rings is 1. The van der Waals surface area contributed by atoms with Crippen LogP contribution in [0, 0.1) is 0 Å². The SMILES string of the molecule is COc1ccc(S(=O)(=O)N/N=C/c2ccccn2)cc1OC. The minimum absolute atomic E-state index is 0.0170. The van der Waals surface area contributed by atoms with Crippen molar-refractivity contribution in [1.29, 1.82) is 0 Å². The summed E-state index contributed by atoms with van der Waals surface area (Å²) in [6, 6.07) is 9.50. The van der Waals surface area contributed by atoms with E-state index in [1.807, 2.05) is 0 Å². The molecule has 1 heterocycles. The van der Waals surface area contributed by atoms with Gasteiger partial charge in [0.25, 0.3) is 10.0 Å². The summed E-state index contributed by atoms with van der Waals surface area (Å²) in [5.41, 5.74) is 0.539. The second kappa shape index (κ2) is 6.90. The zero-order chi connectivity index (χ0) is 16.0. The Balaban J connectivity index is 2.18. The van der Waals surface area contributed by atoms with Gasteiger partial charge in [-0.3, -0.25) is 4.98 Å². The van der Waals surface area contributed by atoms with E-state index in [2.05, 4.69) is 14.9 Å². The van der Waals surface area contributed by atoms with Crippen LogP contribution in [0.1, 0.15) is 5.69 Å². The van der Waals surface area contributed by atoms with Crippen LogP contribution in [0.4, 0.5) is 0 Å². The number of ether oxygens (including phenoxy) is 2. The number of hydrazone groups is 1. The molecule has 22 heavy (non-hydrogen) atoms. The molecule has 2 rings (SSSR count). The van der Waals surface area contributed by atoms with Crippen molar-refractivity contribution in [1.82, 2.24) is 9.82 Å². The molecular weight excluding hydrogens is 306 g/mol. The fourth-order valence-corrected chi connectivity index (χ4v) is 2.46. The number of nitrogens with zero attached hydrogens (tertiary/aromatic N) is 2. The average Bonchev–Trinajstić information content (AvgIpc) is 2.55. The molecule has 0 spiro atoms. The number of sulfonamides is 1. The smallest absolute Gasteiger partial charge is 0.276 e. The van der Waals surface area contributed by atoms with Crippen LogP contribution < -0.4 is 14.3 Å². The van der Waals surface area contributed by atoms with Crippen molar-refractivity contribution in [2.45, 2.75) is 4.90 Å². The Hall–Kier alpha value is -2.61. The van der Waals surface area contributed by atoms with Crippen molar-refractivity contribution >= 4 is 16.2 Å². The van der Waals surface area contributed by atoms with Gasteiger partial charge < -0.3 is 9.47 Å². The fraction of sp³-hybridized carbons (Fsp3) is 0.143. The molecule has 7 nitrogen and oxygen atoms in total. The third kappa shape index (κ3) is 3.73. The summed E-state index contributed by atoms with van der Waals surface area (Å²) in [5, 5.41) is 3.69. The van der Waals surface area contributed by atoms with Crippen molar-refractivity contribution in [2.75, 3.05) is 14.2 Å². The Morgan fingerprint density at radius 2 is 1.91 bits per heavy atom. The third-order valence-electron chi connectivity index (χ3n) is 2.72. The van der Waals surface area contributed by atoms with Crippen LogP contribution in [-0.4, -0.2) is 33.8 Å². The van der Waals surface area contributed by atoms with Crippen LogP contribution in [0.15, 0.2) is 52.6 Å². The molecule has 1 N–H and O–H groups in total. The van der Waals surface area contributed by atoms with Gasteiger partial charge in [0.1, 0.15) is 0 Å². The number of pyridine rings is 1. The summed E-state index contributed by atoms with van der Waals surface area (Å²) in [6.45, 7) is 0. The van der Waals surface area contributed by atoms with Crippen molar-refractivity contribution in [3.05, 3.63) is 48.3 Å². The van der Waals surface area contributed by atoms with Gasteiger partial charge in [-0.15, -0.1) is 0 Å². The first kappa shape index (κ1) is 15.8. The van der Waals surface area contributed by atoms with E-state index in [1.54, 1.807) is 24.4 Å². The van der Waals surface area contributed by atoms with Crippen molar-refractivity contribution in [3.8, 4) is 11.5 Å². The summed E-state index contributed by atoms with van der Waals surface area (Å²) < 4.78 is 34.4. The zero-order valence-corrected chi connectivity index (χ0v) is 12.9. The van der Waals surface area contributed by atoms with E-state index in [1.165, 1.54) is 38.6 Å². The first-order chi connectivity index (χ1) is 10.6. The van der Waals surface area contributed by atoms with Crippen molar-refractivity contribution in [2.24, 2.45) is 5.10 Å². The van der Waals surface area contributed by atoms with Gasteiger partial charge in [-0.05, 0) is 24.3 Å². The molecule has 0 aliphatic carbocycles. The molecule has 1 aromatic heterocycles. The molecule has 0 fully saturated rings. The van der Waals surface area contributed by atoms with Crippen molar-refractivity contribution in [3.63, 3.8) is 0 Å². The van der Waals surface area contributed by atoms with E-state index in [0.717, 1.165) is 0 Å². The summed E-state index contributed by atoms with van der Waals surface area (Å²) in [6.07, 6.45) is 2.91. The molecule has 0 aliphatic rings. The predicted octanol–water partition coefficient (Wildman–Crippen LogP) is 1.41. The number of hydrogen-bond acceptors (Lipinski definition) is 6. The third-order valence-corrected chi connectivity index (χ3v) is 3.94. The maximum Gasteiger partial charge on any atom is 0.276 e. The lowest BCUT2D eigenvalue weighted by Crippen LogP contribution is -2.18. The second-order valence-corrected chi connectivity index (χ2v) is 5.79. The molecule has 0 atom stereocenters. The van der Waals surface area contributed by atoms with E-state index in [-0.39, 0.29) is 4.90 Å². The van der Waals surface area contributed by atoms with Crippen molar-refractivity contribution < 1.29 is 17.9 Å². The molecule has 0 amide bonds. The Bertz CT molecular complexity index is 761. The standard InChI is InChI=1S/C14H15N3O4S/c1-20-13-7-6-12(9-14(13)21-2)22(18,19)17-16-10-11-5-3-4-8-15-11/h3-10,17H,1-2H3/b16-10+. The Labute approximate surface area is 128 Å². The summed E-state index contributed by atoms with van der Waals surface area (Å²) >= 11 is 0. The Morgan fingerprint density at radius 1 is 1.14 bits per heavy atom. The molecule has 0 saturated heterocycles. The summed E-state index contributed by atoms with van der Waals surface area (Å²) in [5.74, 6) is 0.762. The number of hydrogen-bond donors (Lipinski definition) is 1. The van der Waals surface area contributed by atoms with Gasteiger partial charge in [0.05, 0.1) is 31.0 Å². The van der Waals surface area contributed by atoms with Gasteiger partial charge in [-0.1, -0.05) is 6.07 Å². The highest BCUT2D eigenvalue weighted by molar-refractivity contribution is 7.89. The van der Waals surface area contributed by atoms with Crippen LogP contribution in [-0.2, 0) is 10.0 Å². The van der Waals surface area contributed by atoms with Crippen LogP contribution in [0.2, 0.25) is 0 Å². The Morgan fingerprint density at radius 3 is 2.55 bits per heavy atom. The van der Waals surface area contributed by atoms with E-state index >= 15 is 0 Å². The monoisotopic (exact) mass is 321 g/mol. The van der Waals surface area contributed by atoms with E-state index in [9.17, 15) is 8.42 Å². The largest absolute Gasteiger partial charge is 0.493 e. The lowest BCUT2D eigenvalue weighted by molar-refractivity contribution is 0.354. The zero-order valence-electron chi connectivity index (χ0n) is 12.1. The summed E-state index contributed by atoms with van der Waals surface area (Å²) in [4.78, 5) is 6.14. The molecule has 1 aromatic carbocycles. The minimum atomic E-state index is -3.80. The summed E-state index contributed by atoms with van der Waals surface area (Å²) in [7, 11) is -0.894. The molecular formula is C14H15N3O4S. The second-order valence-electron chi connectivity index (χ2n) is 4.12. The molecule has 0 saturated carbocycles. The van der Waals surface area contributed by atoms with Gasteiger partial charge in [0, 0.05) is 12.3 Å². The highest BCUT2D eigenvalue weighted by Crippen LogP contribution is 2.29. The topological polar surface area (TPSA) is 89.9 Å². The van der Waals surface area contributed by atoms with Crippen LogP contribution in [0.25, 0.3) is 0 Å². The van der Waals surface area contributed by atoms with Gasteiger partial charge in [-0.25, -0.2) is 4.83 Å². The van der Waals surface area contributed by atoms with E-state index in [0.29, 0.717) is 17.2 Å². The highest BCUT2D eigenvalue weighted by atomic mass is 32.2. The first-order valence-electron chi connectivity index (χ1n) is 6.25. The number of methoxy groups -OCH3 is 2. The van der Waals surface area contributed by atoms with Gasteiger partial charge in [0.15, 0.2) is 11.5 Å². The normalized spacial score (nSPS) is 11.4. The number of aromatic nitrogens is 1. The molecule has 0 aliphatic heterocycles. The molecule has 0 radical (unpaired) electrons. The molecule has 2 aromatic rings. The molecule has 116 valence electrons. The van der Waals surface area contributed by atoms with Crippen LogP contribution in [0.3, 0.4) is 0 Å². The lowest BCUT2D eigenvalue weighted by atomic mass is 10.3. The molecule has 0 bridgehead atoms. The predicted molar refractivity (Wildman–Crippen MR) is 81.7 cm³/mol. The molecule has 0 unspecified atom stereocenters. The highest BCUT2D eigenvalue weighted by Gasteiger charge is 2.16. The van der Waals surface area contributed by atoms with Crippen LogP contribution in [0.5, 0.6) is 11.5 Å². The van der Waals surface area contributed by atoms with Gasteiger partial charge in [-0.2, -0.15) is 13.5 Å². The maximum atomic E-state index is 12.1. The lowest BCUT2D eigenvalue weighted by Gasteiger charge is -2.09. The average molecular weight is 321 g/mol. The van der Waals surface area contributed by atoms with Gasteiger partial charge in [0.2, 0.25) is 0 Å². The van der Waals surface area contributed by atoms with E-state index in [4.69, 9.17) is 9.47 Å². The maximum absolute atomic E-state index is 12.1. The number of rotatable bonds is 6. The number of nitrogens with one attached hydrogen (secondary N) is 1. The van der Waals surface area contributed by atoms with Crippen LogP contribution >= 0.6 is 0 Å². The Kier molecular flexibility index (Phi) is 4.95. The quantitative estimate of drug-likeness (QED) is 0.642. The van der Waals surface area contributed by atoms with E-state index < -0.39 is 10.0 Å². The van der Waals surface area contributed by atoms with Gasteiger partial charge >= 0.3 is 0 Å². The molecule has 8 heteroatoms.